The molecule has 3 unspecified atom stereocenters. The number of rotatable bonds is 5. The number of alkyl halides is 1. The number of halogens is 1. The fourth-order valence-electron chi connectivity index (χ4n) is 1.89. The van der Waals surface area contributed by atoms with E-state index in [0.717, 1.165) is 6.42 Å². The van der Waals surface area contributed by atoms with Gasteiger partial charge in [0.2, 0.25) is 0 Å². The molecular formula is C12H14BrNO4. The summed E-state index contributed by atoms with van der Waals surface area (Å²) in [7, 11) is 0. The van der Waals surface area contributed by atoms with Crippen molar-refractivity contribution in [3.8, 4) is 5.75 Å². The van der Waals surface area contributed by atoms with Crippen LogP contribution in [0.1, 0.15) is 13.3 Å². The average molecular weight is 316 g/mol. The number of hydrogen-bond acceptors (Lipinski definition) is 4. The van der Waals surface area contributed by atoms with Gasteiger partial charge in [0.25, 0.3) is 5.69 Å². The molecule has 0 aromatic heterocycles. The zero-order chi connectivity index (χ0) is 13.1. The fourth-order valence-corrected chi connectivity index (χ4v) is 2.75. The highest BCUT2D eigenvalue weighted by Crippen LogP contribution is 2.34. The number of nitro benzene ring substituents is 1. The van der Waals surface area contributed by atoms with Gasteiger partial charge in [-0.1, -0.05) is 22.0 Å². The third-order valence-corrected chi connectivity index (χ3v) is 3.75. The fraction of sp³-hybridized carbons (Fsp3) is 0.500. The second-order valence-electron chi connectivity index (χ2n) is 4.08. The first kappa shape index (κ1) is 13.3. The van der Waals surface area contributed by atoms with Gasteiger partial charge >= 0.3 is 0 Å². The van der Waals surface area contributed by atoms with Crippen LogP contribution >= 0.6 is 15.9 Å². The Morgan fingerprint density at radius 2 is 2.33 bits per heavy atom. The van der Waals surface area contributed by atoms with Crippen LogP contribution in [0.2, 0.25) is 0 Å². The molecule has 1 fully saturated rings. The van der Waals surface area contributed by atoms with E-state index in [9.17, 15) is 10.1 Å². The highest BCUT2D eigenvalue weighted by atomic mass is 79.9. The highest BCUT2D eigenvalue weighted by Gasteiger charge is 2.42. The SMILES string of the molecule is CCOC1C(Br)CC1Oc1cccc([N+](=O)[O-])c1. The Hall–Kier alpha value is -1.14. The van der Waals surface area contributed by atoms with Gasteiger partial charge in [0.1, 0.15) is 18.0 Å². The van der Waals surface area contributed by atoms with Crippen molar-refractivity contribution in [2.24, 2.45) is 0 Å². The summed E-state index contributed by atoms with van der Waals surface area (Å²) in [6, 6.07) is 6.22. The average Bonchev–Trinajstić information content (AvgIpc) is 2.36. The predicted molar refractivity (Wildman–Crippen MR) is 70.3 cm³/mol. The maximum atomic E-state index is 10.7. The van der Waals surface area contributed by atoms with Crippen molar-refractivity contribution in [3.63, 3.8) is 0 Å². The number of benzene rings is 1. The standard InChI is InChI=1S/C12H14BrNO4/c1-2-17-12-10(13)7-11(12)18-9-5-3-4-8(6-9)14(15)16/h3-6,10-12H,2,7H2,1H3. The normalized spacial score (nSPS) is 26.4. The molecule has 2 rings (SSSR count). The zero-order valence-corrected chi connectivity index (χ0v) is 11.5. The Morgan fingerprint density at radius 3 is 2.94 bits per heavy atom. The first-order valence-corrected chi connectivity index (χ1v) is 6.70. The van der Waals surface area contributed by atoms with Gasteiger partial charge in [-0.25, -0.2) is 0 Å². The highest BCUT2D eigenvalue weighted by molar-refractivity contribution is 9.09. The molecule has 1 saturated carbocycles. The van der Waals surface area contributed by atoms with E-state index in [2.05, 4.69) is 15.9 Å². The lowest BCUT2D eigenvalue weighted by atomic mass is 9.91. The van der Waals surface area contributed by atoms with Crippen molar-refractivity contribution in [1.29, 1.82) is 0 Å². The molecule has 6 heteroatoms. The van der Waals surface area contributed by atoms with E-state index < -0.39 is 4.92 Å². The molecule has 0 aliphatic heterocycles. The summed E-state index contributed by atoms with van der Waals surface area (Å²) in [5, 5.41) is 10.7. The van der Waals surface area contributed by atoms with Gasteiger partial charge in [0.15, 0.2) is 0 Å². The van der Waals surface area contributed by atoms with Gasteiger partial charge in [0, 0.05) is 23.9 Å². The molecule has 0 N–H and O–H groups in total. The Bertz CT molecular complexity index is 440. The molecule has 98 valence electrons. The Balaban J connectivity index is 2.01. The van der Waals surface area contributed by atoms with Crippen LogP contribution in [-0.2, 0) is 4.74 Å². The van der Waals surface area contributed by atoms with E-state index in [-0.39, 0.29) is 17.9 Å². The molecule has 18 heavy (non-hydrogen) atoms. The number of non-ortho nitro benzene ring substituents is 1. The van der Waals surface area contributed by atoms with Gasteiger partial charge in [-0.05, 0) is 13.0 Å². The summed E-state index contributed by atoms with van der Waals surface area (Å²) in [4.78, 5) is 10.5. The van der Waals surface area contributed by atoms with Crippen molar-refractivity contribution in [2.45, 2.75) is 30.4 Å². The summed E-state index contributed by atoms with van der Waals surface area (Å²) < 4.78 is 11.3. The lowest BCUT2D eigenvalue weighted by molar-refractivity contribution is -0.385. The summed E-state index contributed by atoms with van der Waals surface area (Å²) in [5.41, 5.74) is 0.0372. The minimum Gasteiger partial charge on any atom is -0.487 e. The van der Waals surface area contributed by atoms with Crippen LogP contribution in [0, 0.1) is 10.1 Å². The van der Waals surface area contributed by atoms with E-state index in [0.29, 0.717) is 17.2 Å². The van der Waals surface area contributed by atoms with Crippen molar-refractivity contribution in [1.82, 2.24) is 0 Å². The summed E-state index contributed by atoms with van der Waals surface area (Å²) in [6.07, 6.45) is 0.804. The largest absolute Gasteiger partial charge is 0.487 e. The molecule has 1 aliphatic carbocycles. The quantitative estimate of drug-likeness (QED) is 0.476. The van der Waals surface area contributed by atoms with E-state index >= 15 is 0 Å². The van der Waals surface area contributed by atoms with Crippen LogP contribution in [-0.4, -0.2) is 28.6 Å². The third kappa shape index (κ3) is 2.81. The predicted octanol–water partition coefficient (Wildman–Crippen LogP) is 2.91. The number of hydrogen-bond donors (Lipinski definition) is 0. The molecule has 1 aromatic carbocycles. The van der Waals surface area contributed by atoms with E-state index in [1.165, 1.54) is 12.1 Å². The van der Waals surface area contributed by atoms with Crippen LogP contribution in [0.4, 0.5) is 5.69 Å². The van der Waals surface area contributed by atoms with E-state index in [1.807, 2.05) is 6.92 Å². The first-order valence-electron chi connectivity index (χ1n) is 5.78. The molecule has 3 atom stereocenters. The van der Waals surface area contributed by atoms with E-state index in [4.69, 9.17) is 9.47 Å². The molecular weight excluding hydrogens is 302 g/mol. The summed E-state index contributed by atoms with van der Waals surface area (Å²) in [6.45, 7) is 2.56. The molecule has 1 aromatic rings. The smallest absolute Gasteiger partial charge is 0.273 e. The van der Waals surface area contributed by atoms with Crippen molar-refractivity contribution < 1.29 is 14.4 Å². The number of nitro groups is 1. The second-order valence-corrected chi connectivity index (χ2v) is 5.26. The van der Waals surface area contributed by atoms with Gasteiger partial charge < -0.3 is 9.47 Å². The van der Waals surface area contributed by atoms with Crippen LogP contribution in [0.15, 0.2) is 24.3 Å². The second kappa shape index (κ2) is 5.67. The lowest BCUT2D eigenvalue weighted by Crippen LogP contribution is -2.52. The van der Waals surface area contributed by atoms with Crippen LogP contribution in [0.25, 0.3) is 0 Å². The first-order chi connectivity index (χ1) is 8.61. The molecule has 1 aliphatic rings. The van der Waals surface area contributed by atoms with Gasteiger partial charge in [0.05, 0.1) is 11.0 Å². The Kier molecular flexibility index (Phi) is 4.19. The molecule has 0 bridgehead atoms. The lowest BCUT2D eigenvalue weighted by Gasteiger charge is -2.40. The van der Waals surface area contributed by atoms with Crippen molar-refractivity contribution in [2.75, 3.05) is 6.61 Å². The Labute approximate surface area is 113 Å². The Morgan fingerprint density at radius 1 is 1.56 bits per heavy atom. The number of ether oxygens (including phenoxy) is 2. The van der Waals surface area contributed by atoms with E-state index in [1.54, 1.807) is 12.1 Å². The van der Waals surface area contributed by atoms with Gasteiger partial charge in [-0.2, -0.15) is 0 Å². The van der Waals surface area contributed by atoms with Crippen molar-refractivity contribution in [3.05, 3.63) is 34.4 Å². The van der Waals surface area contributed by atoms with Gasteiger partial charge in [-0.15, -0.1) is 0 Å². The molecule has 0 spiro atoms. The molecule has 5 nitrogen and oxygen atoms in total. The molecule has 0 saturated heterocycles. The summed E-state index contributed by atoms with van der Waals surface area (Å²) in [5.74, 6) is 0.512. The third-order valence-electron chi connectivity index (χ3n) is 2.86. The molecule has 0 amide bonds. The topological polar surface area (TPSA) is 61.6 Å². The summed E-state index contributed by atoms with van der Waals surface area (Å²) >= 11 is 3.51. The monoisotopic (exact) mass is 315 g/mol. The maximum Gasteiger partial charge on any atom is 0.273 e. The molecule has 0 radical (unpaired) electrons. The minimum atomic E-state index is -0.430. The molecule has 0 heterocycles. The number of nitrogens with zero attached hydrogens (tertiary/aromatic N) is 1. The van der Waals surface area contributed by atoms with Gasteiger partial charge in [-0.3, -0.25) is 10.1 Å². The van der Waals surface area contributed by atoms with Crippen LogP contribution in [0.5, 0.6) is 5.75 Å². The van der Waals surface area contributed by atoms with Crippen LogP contribution < -0.4 is 4.74 Å². The maximum absolute atomic E-state index is 10.7. The zero-order valence-electron chi connectivity index (χ0n) is 9.91. The van der Waals surface area contributed by atoms with Crippen LogP contribution in [0.3, 0.4) is 0 Å². The van der Waals surface area contributed by atoms with Crippen molar-refractivity contribution >= 4 is 21.6 Å². The minimum absolute atomic E-state index is 0.00858.